The summed E-state index contributed by atoms with van der Waals surface area (Å²) in [4.78, 5) is 14.2. The maximum atomic E-state index is 12.0. The van der Waals surface area contributed by atoms with Gasteiger partial charge in [0.2, 0.25) is 0 Å². The average Bonchev–Trinajstić information content (AvgIpc) is 2.31. The van der Waals surface area contributed by atoms with Crippen LogP contribution in [0.4, 0.5) is 0 Å². The van der Waals surface area contributed by atoms with Crippen LogP contribution in [0.3, 0.4) is 0 Å². The van der Waals surface area contributed by atoms with Gasteiger partial charge in [-0.1, -0.05) is 22.0 Å². The van der Waals surface area contributed by atoms with Gasteiger partial charge >= 0.3 is 0 Å². The molecule has 0 unspecified atom stereocenters. The molecule has 1 aromatic carbocycles. The number of hydrogen-bond donors (Lipinski definition) is 1. The van der Waals surface area contributed by atoms with Crippen molar-refractivity contribution in [2.45, 2.75) is 26.8 Å². The van der Waals surface area contributed by atoms with Crippen molar-refractivity contribution >= 4 is 21.8 Å². The van der Waals surface area contributed by atoms with E-state index in [0.717, 1.165) is 22.1 Å². The molecule has 4 heteroatoms. The molecule has 0 aliphatic heterocycles. The van der Waals surface area contributed by atoms with Crippen LogP contribution in [0.5, 0.6) is 0 Å². The first-order valence-electron chi connectivity index (χ1n) is 6.16. The largest absolute Gasteiger partial charge is 0.351 e. The quantitative estimate of drug-likeness (QED) is 0.906. The van der Waals surface area contributed by atoms with E-state index in [-0.39, 0.29) is 5.91 Å². The normalized spacial score (nSPS) is 11.1. The number of carbonyl (C=O) groups is 1. The maximum Gasteiger partial charge on any atom is 0.251 e. The number of hydrogen-bond acceptors (Lipinski definition) is 2. The zero-order chi connectivity index (χ0) is 13.7. The molecule has 0 aromatic heterocycles. The van der Waals surface area contributed by atoms with E-state index in [1.54, 1.807) is 0 Å². The molecule has 100 valence electrons. The highest BCUT2D eigenvalue weighted by molar-refractivity contribution is 9.10. The lowest BCUT2D eigenvalue weighted by molar-refractivity contribution is 0.0947. The molecular formula is C14H21BrN2O. The molecule has 0 fully saturated rings. The second kappa shape index (κ2) is 6.90. The number of likely N-dealkylation sites (N-methyl/N-ethyl adjacent to an activating group) is 1. The van der Waals surface area contributed by atoms with Crippen molar-refractivity contribution in [1.29, 1.82) is 0 Å². The van der Waals surface area contributed by atoms with Crippen molar-refractivity contribution in [3.05, 3.63) is 33.8 Å². The van der Waals surface area contributed by atoms with E-state index in [2.05, 4.69) is 47.0 Å². The summed E-state index contributed by atoms with van der Waals surface area (Å²) in [7, 11) is 2.06. The topological polar surface area (TPSA) is 32.3 Å². The molecule has 0 atom stereocenters. The summed E-state index contributed by atoms with van der Waals surface area (Å²) < 4.78 is 0.928. The Bertz CT molecular complexity index is 418. The summed E-state index contributed by atoms with van der Waals surface area (Å²) in [6, 6.07) is 6.24. The first-order valence-corrected chi connectivity index (χ1v) is 6.95. The molecule has 0 bridgehead atoms. The van der Waals surface area contributed by atoms with Crippen molar-refractivity contribution in [2.24, 2.45) is 0 Å². The second-order valence-electron chi connectivity index (χ2n) is 4.79. The van der Waals surface area contributed by atoms with Crippen molar-refractivity contribution < 1.29 is 4.79 Å². The third kappa shape index (κ3) is 4.42. The van der Waals surface area contributed by atoms with Crippen LogP contribution in [0.15, 0.2) is 22.7 Å². The molecule has 0 saturated carbocycles. The zero-order valence-corrected chi connectivity index (χ0v) is 13.0. The highest BCUT2D eigenvalue weighted by Crippen LogP contribution is 2.15. The smallest absolute Gasteiger partial charge is 0.251 e. The molecule has 0 aliphatic rings. The summed E-state index contributed by atoms with van der Waals surface area (Å²) in [5.41, 5.74) is 1.73. The minimum atomic E-state index is -0.00837. The van der Waals surface area contributed by atoms with Crippen LogP contribution in [0.25, 0.3) is 0 Å². The highest BCUT2D eigenvalue weighted by Gasteiger charge is 2.09. The number of nitrogens with zero attached hydrogens (tertiary/aromatic N) is 1. The highest BCUT2D eigenvalue weighted by atomic mass is 79.9. The number of carbonyl (C=O) groups excluding carboxylic acids is 1. The van der Waals surface area contributed by atoms with Gasteiger partial charge in [-0.3, -0.25) is 4.79 Å². The Morgan fingerprint density at radius 1 is 1.44 bits per heavy atom. The lowest BCUT2D eigenvalue weighted by Gasteiger charge is -2.21. The molecule has 1 rings (SSSR count). The number of aryl methyl sites for hydroxylation is 1. The minimum Gasteiger partial charge on any atom is -0.351 e. The van der Waals surface area contributed by atoms with Crippen LogP contribution in [0, 0.1) is 6.92 Å². The van der Waals surface area contributed by atoms with Gasteiger partial charge in [0, 0.05) is 29.2 Å². The van der Waals surface area contributed by atoms with E-state index >= 15 is 0 Å². The van der Waals surface area contributed by atoms with Crippen LogP contribution in [-0.2, 0) is 0 Å². The van der Waals surface area contributed by atoms with Gasteiger partial charge in [0.25, 0.3) is 5.91 Å². The van der Waals surface area contributed by atoms with Crippen LogP contribution in [-0.4, -0.2) is 37.0 Å². The van der Waals surface area contributed by atoms with Crippen LogP contribution in [0.2, 0.25) is 0 Å². The minimum absolute atomic E-state index is 0.00837. The monoisotopic (exact) mass is 312 g/mol. The molecule has 0 aliphatic carbocycles. The van der Waals surface area contributed by atoms with E-state index in [4.69, 9.17) is 0 Å². The first-order chi connectivity index (χ1) is 8.41. The van der Waals surface area contributed by atoms with Gasteiger partial charge in [0.05, 0.1) is 0 Å². The van der Waals surface area contributed by atoms with Crippen molar-refractivity contribution in [1.82, 2.24) is 10.2 Å². The number of nitrogens with one attached hydrogen (secondary N) is 1. The van der Waals surface area contributed by atoms with Gasteiger partial charge in [0.15, 0.2) is 0 Å². The van der Waals surface area contributed by atoms with Gasteiger partial charge in [-0.2, -0.15) is 0 Å². The number of benzene rings is 1. The third-order valence-corrected chi connectivity index (χ3v) is 3.57. The maximum absolute atomic E-state index is 12.0. The van der Waals surface area contributed by atoms with E-state index in [1.807, 2.05) is 25.1 Å². The van der Waals surface area contributed by atoms with E-state index in [9.17, 15) is 4.79 Å². The lowest BCUT2D eigenvalue weighted by atomic mass is 10.1. The van der Waals surface area contributed by atoms with Crippen molar-refractivity contribution in [3.8, 4) is 0 Å². The van der Waals surface area contributed by atoms with Crippen LogP contribution in [0.1, 0.15) is 29.8 Å². The Morgan fingerprint density at radius 2 is 2.11 bits per heavy atom. The molecule has 3 nitrogen and oxygen atoms in total. The predicted molar refractivity (Wildman–Crippen MR) is 79.0 cm³/mol. The Labute approximate surface area is 118 Å². The molecule has 0 radical (unpaired) electrons. The Morgan fingerprint density at radius 3 is 2.72 bits per heavy atom. The number of halogens is 1. The summed E-state index contributed by atoms with van der Waals surface area (Å²) in [6.45, 7) is 7.75. The lowest BCUT2D eigenvalue weighted by Crippen LogP contribution is -2.36. The third-order valence-electron chi connectivity index (χ3n) is 3.08. The zero-order valence-electron chi connectivity index (χ0n) is 11.5. The van der Waals surface area contributed by atoms with Crippen LogP contribution >= 0.6 is 15.9 Å². The Balaban J connectivity index is 2.53. The Hall–Kier alpha value is -0.870. The van der Waals surface area contributed by atoms with Crippen molar-refractivity contribution in [3.63, 3.8) is 0 Å². The van der Waals surface area contributed by atoms with Gasteiger partial charge < -0.3 is 10.2 Å². The molecular weight excluding hydrogens is 292 g/mol. The van der Waals surface area contributed by atoms with E-state index < -0.39 is 0 Å². The molecule has 18 heavy (non-hydrogen) atoms. The standard InChI is InChI=1S/C14H21BrN2O/c1-10(2)17(4)8-7-16-14(18)13-9-12(15)6-5-11(13)3/h5-6,9-10H,7-8H2,1-4H3,(H,16,18). The number of amides is 1. The van der Waals surface area contributed by atoms with Gasteiger partial charge in [-0.15, -0.1) is 0 Å². The fourth-order valence-corrected chi connectivity index (χ4v) is 1.90. The average molecular weight is 313 g/mol. The summed E-state index contributed by atoms with van der Waals surface area (Å²) in [5, 5.41) is 2.95. The summed E-state index contributed by atoms with van der Waals surface area (Å²) in [6.07, 6.45) is 0. The van der Waals surface area contributed by atoms with Gasteiger partial charge in [0.1, 0.15) is 0 Å². The molecule has 1 aromatic rings. The number of rotatable bonds is 5. The fourth-order valence-electron chi connectivity index (χ4n) is 1.54. The first kappa shape index (κ1) is 15.2. The summed E-state index contributed by atoms with van der Waals surface area (Å²) >= 11 is 3.39. The SMILES string of the molecule is Cc1ccc(Br)cc1C(=O)NCCN(C)C(C)C. The van der Waals surface area contributed by atoms with E-state index in [0.29, 0.717) is 12.6 Å². The molecule has 0 spiro atoms. The van der Waals surface area contributed by atoms with Crippen LogP contribution < -0.4 is 5.32 Å². The fraction of sp³-hybridized carbons (Fsp3) is 0.500. The Kier molecular flexibility index (Phi) is 5.82. The molecule has 1 amide bonds. The van der Waals surface area contributed by atoms with Gasteiger partial charge in [-0.05, 0) is 45.5 Å². The molecule has 0 saturated heterocycles. The van der Waals surface area contributed by atoms with Gasteiger partial charge in [-0.25, -0.2) is 0 Å². The van der Waals surface area contributed by atoms with E-state index in [1.165, 1.54) is 0 Å². The molecule has 1 N–H and O–H groups in total. The predicted octanol–water partition coefficient (Wildman–Crippen LogP) is 2.83. The molecule has 0 heterocycles. The summed E-state index contributed by atoms with van der Waals surface area (Å²) in [5.74, 6) is -0.00837. The van der Waals surface area contributed by atoms with Crippen molar-refractivity contribution in [2.75, 3.05) is 20.1 Å². The second-order valence-corrected chi connectivity index (χ2v) is 5.71.